The number of nitrogens with one attached hydrogen (secondary N) is 1. The minimum absolute atomic E-state index is 0.0418. The van der Waals surface area contributed by atoms with Crippen LogP contribution in [0.2, 0.25) is 0 Å². The SMILES string of the molecule is COc1ccc(C=O)cc1CN1CCN2C(=O)NCC2C1. The van der Waals surface area contributed by atoms with Crippen LogP contribution in [0.3, 0.4) is 0 Å². The van der Waals surface area contributed by atoms with Gasteiger partial charge in [-0.2, -0.15) is 0 Å². The molecule has 0 aliphatic carbocycles. The minimum Gasteiger partial charge on any atom is -0.496 e. The molecule has 1 N–H and O–H groups in total. The molecule has 6 nitrogen and oxygen atoms in total. The van der Waals surface area contributed by atoms with Gasteiger partial charge in [0.1, 0.15) is 12.0 Å². The third kappa shape index (κ3) is 2.71. The molecule has 1 unspecified atom stereocenters. The molecule has 2 heterocycles. The van der Waals surface area contributed by atoms with Crippen molar-refractivity contribution >= 4 is 12.3 Å². The highest BCUT2D eigenvalue weighted by Gasteiger charge is 2.35. The molecular formula is C15H19N3O3. The topological polar surface area (TPSA) is 61.9 Å². The van der Waals surface area contributed by atoms with E-state index in [4.69, 9.17) is 4.74 Å². The highest BCUT2D eigenvalue weighted by atomic mass is 16.5. The van der Waals surface area contributed by atoms with E-state index in [2.05, 4.69) is 10.2 Å². The molecule has 21 heavy (non-hydrogen) atoms. The van der Waals surface area contributed by atoms with Crippen LogP contribution in [0.1, 0.15) is 15.9 Å². The van der Waals surface area contributed by atoms with Crippen molar-refractivity contribution in [2.75, 3.05) is 33.3 Å². The van der Waals surface area contributed by atoms with Crippen molar-refractivity contribution in [3.63, 3.8) is 0 Å². The van der Waals surface area contributed by atoms with Crippen molar-refractivity contribution < 1.29 is 14.3 Å². The maximum Gasteiger partial charge on any atom is 0.317 e. The molecule has 1 atom stereocenters. The molecule has 112 valence electrons. The summed E-state index contributed by atoms with van der Waals surface area (Å²) in [5.74, 6) is 0.795. The number of hydrogen-bond donors (Lipinski definition) is 1. The molecule has 2 saturated heterocycles. The number of hydrogen-bond acceptors (Lipinski definition) is 4. The van der Waals surface area contributed by atoms with Gasteiger partial charge in [0.2, 0.25) is 0 Å². The Hall–Kier alpha value is -2.08. The number of benzene rings is 1. The van der Waals surface area contributed by atoms with Crippen molar-refractivity contribution in [1.29, 1.82) is 0 Å². The van der Waals surface area contributed by atoms with Gasteiger partial charge in [-0.05, 0) is 18.2 Å². The average molecular weight is 289 g/mol. The van der Waals surface area contributed by atoms with Crippen LogP contribution in [0, 0.1) is 0 Å². The molecule has 1 aromatic rings. The first-order valence-corrected chi connectivity index (χ1v) is 7.10. The third-order valence-corrected chi connectivity index (χ3v) is 4.15. The molecule has 0 radical (unpaired) electrons. The van der Waals surface area contributed by atoms with E-state index in [1.54, 1.807) is 13.2 Å². The Morgan fingerprint density at radius 3 is 3.05 bits per heavy atom. The van der Waals surface area contributed by atoms with Crippen LogP contribution in [0.5, 0.6) is 5.75 Å². The van der Waals surface area contributed by atoms with Crippen LogP contribution in [-0.4, -0.2) is 61.4 Å². The lowest BCUT2D eigenvalue weighted by Crippen LogP contribution is -2.51. The first-order valence-electron chi connectivity index (χ1n) is 7.10. The Morgan fingerprint density at radius 1 is 1.43 bits per heavy atom. The fourth-order valence-electron chi connectivity index (χ4n) is 3.05. The monoisotopic (exact) mass is 289 g/mol. The largest absolute Gasteiger partial charge is 0.496 e. The lowest BCUT2D eigenvalue weighted by molar-refractivity contribution is 0.111. The smallest absolute Gasteiger partial charge is 0.317 e. The van der Waals surface area contributed by atoms with Crippen LogP contribution in [0.25, 0.3) is 0 Å². The average Bonchev–Trinajstić information content (AvgIpc) is 2.88. The van der Waals surface area contributed by atoms with Gasteiger partial charge in [-0.15, -0.1) is 0 Å². The molecular weight excluding hydrogens is 270 g/mol. The standard InChI is InChI=1S/C15H19N3O3/c1-21-14-3-2-11(10-19)6-12(14)8-17-4-5-18-13(9-17)7-16-15(18)20/h2-3,6,10,13H,4-5,7-9H2,1H3,(H,16,20). The molecule has 1 aromatic carbocycles. The minimum atomic E-state index is 0.0418. The number of ether oxygens (including phenoxy) is 1. The number of fused-ring (bicyclic) bond motifs is 1. The van der Waals surface area contributed by atoms with Gasteiger partial charge in [0.15, 0.2) is 0 Å². The molecule has 2 fully saturated rings. The summed E-state index contributed by atoms with van der Waals surface area (Å²) in [6.07, 6.45) is 0.848. The van der Waals surface area contributed by atoms with Crippen molar-refractivity contribution in [3.05, 3.63) is 29.3 Å². The summed E-state index contributed by atoms with van der Waals surface area (Å²) in [7, 11) is 1.64. The summed E-state index contributed by atoms with van der Waals surface area (Å²) in [4.78, 5) is 26.7. The highest BCUT2D eigenvalue weighted by molar-refractivity contribution is 5.77. The van der Waals surface area contributed by atoms with Gasteiger partial charge in [-0.25, -0.2) is 4.79 Å². The second kappa shape index (κ2) is 5.73. The molecule has 2 aliphatic rings. The zero-order valence-corrected chi connectivity index (χ0v) is 12.0. The Kier molecular flexibility index (Phi) is 3.79. The van der Waals surface area contributed by atoms with E-state index in [0.717, 1.165) is 43.8 Å². The van der Waals surface area contributed by atoms with Gasteiger partial charge in [0.25, 0.3) is 0 Å². The van der Waals surface area contributed by atoms with E-state index in [9.17, 15) is 9.59 Å². The summed E-state index contributed by atoms with van der Waals surface area (Å²) >= 11 is 0. The first-order chi connectivity index (χ1) is 10.2. The van der Waals surface area contributed by atoms with Gasteiger partial charge in [-0.3, -0.25) is 9.69 Å². The number of piperazine rings is 1. The Balaban J connectivity index is 1.72. The molecule has 6 heteroatoms. The third-order valence-electron chi connectivity index (χ3n) is 4.15. The normalized spacial score (nSPS) is 21.9. The van der Waals surface area contributed by atoms with Crippen molar-refractivity contribution in [3.8, 4) is 5.75 Å². The number of methoxy groups -OCH3 is 1. The first kappa shape index (κ1) is 13.9. The summed E-state index contributed by atoms with van der Waals surface area (Å²) in [6.45, 7) is 3.85. The maximum atomic E-state index is 11.6. The molecule has 0 spiro atoms. The van der Waals surface area contributed by atoms with Gasteiger partial charge in [-0.1, -0.05) is 0 Å². The zero-order valence-electron chi connectivity index (χ0n) is 12.0. The fourth-order valence-corrected chi connectivity index (χ4v) is 3.05. The predicted octanol–water partition coefficient (Wildman–Crippen LogP) is 0.717. The van der Waals surface area contributed by atoms with Crippen LogP contribution in [0.4, 0.5) is 4.79 Å². The molecule has 2 aliphatic heterocycles. The number of carbonyl (C=O) groups excluding carboxylic acids is 2. The van der Waals surface area contributed by atoms with Crippen molar-refractivity contribution in [2.24, 2.45) is 0 Å². The van der Waals surface area contributed by atoms with Crippen LogP contribution >= 0.6 is 0 Å². The Bertz CT molecular complexity index is 561. The van der Waals surface area contributed by atoms with E-state index in [-0.39, 0.29) is 12.1 Å². The van der Waals surface area contributed by atoms with Crippen LogP contribution in [0.15, 0.2) is 18.2 Å². The van der Waals surface area contributed by atoms with E-state index in [0.29, 0.717) is 12.1 Å². The van der Waals surface area contributed by atoms with Crippen molar-refractivity contribution in [2.45, 2.75) is 12.6 Å². The quantitative estimate of drug-likeness (QED) is 0.830. The van der Waals surface area contributed by atoms with E-state index >= 15 is 0 Å². The fraction of sp³-hybridized carbons (Fsp3) is 0.467. The van der Waals surface area contributed by atoms with Gasteiger partial charge < -0.3 is 15.0 Å². The van der Waals surface area contributed by atoms with Crippen LogP contribution < -0.4 is 10.1 Å². The molecule has 0 bridgehead atoms. The second-order valence-electron chi connectivity index (χ2n) is 5.46. The van der Waals surface area contributed by atoms with Gasteiger partial charge in [0, 0.05) is 43.9 Å². The number of aldehydes is 1. The Morgan fingerprint density at radius 2 is 2.29 bits per heavy atom. The Labute approximate surface area is 123 Å². The van der Waals surface area contributed by atoms with Crippen LogP contribution in [-0.2, 0) is 6.54 Å². The van der Waals surface area contributed by atoms with Crippen molar-refractivity contribution in [1.82, 2.24) is 15.1 Å². The van der Waals surface area contributed by atoms with E-state index in [1.165, 1.54) is 0 Å². The summed E-state index contributed by atoms with van der Waals surface area (Å²) in [5, 5.41) is 2.88. The summed E-state index contributed by atoms with van der Waals surface area (Å²) < 4.78 is 5.37. The summed E-state index contributed by atoms with van der Waals surface area (Å²) in [5.41, 5.74) is 1.66. The zero-order chi connectivity index (χ0) is 14.8. The predicted molar refractivity (Wildman–Crippen MR) is 77.6 cm³/mol. The van der Waals surface area contributed by atoms with E-state index in [1.807, 2.05) is 17.0 Å². The molecule has 3 rings (SSSR count). The number of carbonyl (C=O) groups is 2. The number of urea groups is 1. The number of amides is 2. The number of rotatable bonds is 4. The van der Waals surface area contributed by atoms with Gasteiger partial charge in [0.05, 0.1) is 13.2 Å². The maximum absolute atomic E-state index is 11.6. The molecule has 0 aromatic heterocycles. The highest BCUT2D eigenvalue weighted by Crippen LogP contribution is 2.23. The van der Waals surface area contributed by atoms with Gasteiger partial charge >= 0.3 is 6.03 Å². The number of nitrogens with zero attached hydrogens (tertiary/aromatic N) is 2. The van der Waals surface area contributed by atoms with E-state index < -0.39 is 0 Å². The second-order valence-corrected chi connectivity index (χ2v) is 5.46. The lowest BCUT2D eigenvalue weighted by atomic mass is 10.1. The summed E-state index contributed by atoms with van der Waals surface area (Å²) in [6, 6.07) is 5.74. The molecule has 0 saturated carbocycles. The molecule has 2 amide bonds. The lowest BCUT2D eigenvalue weighted by Gasteiger charge is -2.36.